The highest BCUT2D eigenvalue weighted by atomic mass is 32.1. The van der Waals surface area contributed by atoms with E-state index in [0.29, 0.717) is 6.04 Å². The highest BCUT2D eigenvalue weighted by Crippen LogP contribution is 2.36. The van der Waals surface area contributed by atoms with Gasteiger partial charge in [0.2, 0.25) is 0 Å². The van der Waals surface area contributed by atoms with Gasteiger partial charge in [0.25, 0.3) is 5.91 Å². The van der Waals surface area contributed by atoms with Gasteiger partial charge in [0.1, 0.15) is 0 Å². The molecule has 102 valence electrons. The van der Waals surface area contributed by atoms with Gasteiger partial charge >= 0.3 is 0 Å². The Kier molecular flexibility index (Phi) is 3.83. The summed E-state index contributed by atoms with van der Waals surface area (Å²) in [7, 11) is 0. The number of carbonyl (C=O) groups excluding carboxylic acids is 1. The lowest BCUT2D eigenvalue weighted by atomic mass is 9.78. The fraction of sp³-hybridized carbons (Fsp3) is 0.562. The van der Waals surface area contributed by atoms with Crippen LogP contribution in [0.4, 0.5) is 0 Å². The topological polar surface area (TPSA) is 20.3 Å². The van der Waals surface area contributed by atoms with Crippen molar-refractivity contribution in [2.75, 3.05) is 6.54 Å². The number of fused-ring (bicyclic) bond motifs is 1. The Morgan fingerprint density at radius 3 is 2.68 bits per heavy atom. The van der Waals surface area contributed by atoms with Crippen molar-refractivity contribution in [1.82, 2.24) is 4.90 Å². The van der Waals surface area contributed by atoms with Crippen LogP contribution in [0.1, 0.15) is 48.9 Å². The van der Waals surface area contributed by atoms with Crippen LogP contribution in [-0.4, -0.2) is 23.4 Å². The van der Waals surface area contributed by atoms with Crippen LogP contribution in [0.5, 0.6) is 0 Å². The van der Waals surface area contributed by atoms with E-state index < -0.39 is 0 Å². The molecule has 0 aromatic heterocycles. The van der Waals surface area contributed by atoms with Crippen molar-refractivity contribution >= 4 is 18.5 Å². The fourth-order valence-corrected chi connectivity index (χ4v) is 3.94. The van der Waals surface area contributed by atoms with E-state index in [1.807, 2.05) is 24.3 Å². The first-order valence-electron chi connectivity index (χ1n) is 7.36. The highest BCUT2D eigenvalue weighted by molar-refractivity contribution is 7.80. The lowest BCUT2D eigenvalue weighted by Crippen LogP contribution is -2.49. The van der Waals surface area contributed by atoms with Gasteiger partial charge in [0, 0.05) is 17.5 Å². The van der Waals surface area contributed by atoms with Crippen molar-refractivity contribution in [2.45, 2.75) is 49.5 Å². The van der Waals surface area contributed by atoms with Crippen molar-refractivity contribution in [3.05, 3.63) is 29.8 Å². The van der Waals surface area contributed by atoms with Crippen molar-refractivity contribution in [1.29, 1.82) is 0 Å². The van der Waals surface area contributed by atoms with Gasteiger partial charge < -0.3 is 4.90 Å². The van der Waals surface area contributed by atoms with Crippen molar-refractivity contribution in [3.63, 3.8) is 0 Å². The van der Waals surface area contributed by atoms with Crippen LogP contribution in [0.2, 0.25) is 0 Å². The summed E-state index contributed by atoms with van der Waals surface area (Å²) in [5, 5.41) is 0. The number of hydrogen-bond acceptors (Lipinski definition) is 2. The summed E-state index contributed by atoms with van der Waals surface area (Å²) in [5.41, 5.74) is 0.761. The molecule has 2 unspecified atom stereocenters. The number of benzene rings is 1. The molecular weight excluding hydrogens is 254 g/mol. The molecule has 1 saturated heterocycles. The first-order valence-corrected chi connectivity index (χ1v) is 7.81. The minimum absolute atomic E-state index is 0.183. The average Bonchev–Trinajstić information content (AvgIpc) is 2.46. The lowest BCUT2D eigenvalue weighted by Gasteiger charge is -2.44. The molecule has 0 bridgehead atoms. The summed E-state index contributed by atoms with van der Waals surface area (Å²) in [6, 6.07) is 8.13. The third kappa shape index (κ3) is 2.53. The van der Waals surface area contributed by atoms with E-state index in [9.17, 15) is 4.79 Å². The third-order valence-corrected chi connectivity index (χ3v) is 5.03. The quantitative estimate of drug-likeness (QED) is 0.774. The zero-order valence-corrected chi connectivity index (χ0v) is 12.1. The SMILES string of the molecule is O=C(c1ccccc1S)N1CCCC2CCCCC21. The summed E-state index contributed by atoms with van der Waals surface area (Å²) >= 11 is 4.43. The maximum absolute atomic E-state index is 12.8. The fourth-order valence-electron chi connectivity index (χ4n) is 3.69. The summed E-state index contributed by atoms with van der Waals surface area (Å²) in [4.78, 5) is 15.7. The van der Waals surface area contributed by atoms with Gasteiger partial charge in [-0.15, -0.1) is 12.6 Å². The monoisotopic (exact) mass is 275 g/mol. The molecule has 0 N–H and O–H groups in total. The molecule has 19 heavy (non-hydrogen) atoms. The molecule has 3 heteroatoms. The zero-order valence-electron chi connectivity index (χ0n) is 11.2. The molecule has 1 aliphatic carbocycles. The molecule has 2 atom stereocenters. The molecule has 2 aliphatic rings. The number of likely N-dealkylation sites (tertiary alicyclic amines) is 1. The van der Waals surface area contributed by atoms with Crippen LogP contribution >= 0.6 is 12.6 Å². The Morgan fingerprint density at radius 1 is 1.11 bits per heavy atom. The van der Waals surface area contributed by atoms with E-state index >= 15 is 0 Å². The van der Waals surface area contributed by atoms with Gasteiger partial charge in [0.05, 0.1) is 5.56 Å². The van der Waals surface area contributed by atoms with Gasteiger partial charge in [-0.1, -0.05) is 25.0 Å². The van der Waals surface area contributed by atoms with E-state index in [1.165, 1.54) is 32.1 Å². The predicted octanol–water partition coefficient (Wildman–Crippen LogP) is 3.77. The largest absolute Gasteiger partial charge is 0.335 e. The molecule has 3 rings (SSSR count). The van der Waals surface area contributed by atoms with Gasteiger partial charge in [0.15, 0.2) is 0 Å². The second-order valence-corrected chi connectivity index (χ2v) is 6.25. The number of nitrogens with zero attached hydrogens (tertiary/aromatic N) is 1. The second-order valence-electron chi connectivity index (χ2n) is 5.77. The van der Waals surface area contributed by atoms with E-state index in [1.54, 1.807) is 0 Å². The first kappa shape index (κ1) is 13.0. The van der Waals surface area contributed by atoms with Gasteiger partial charge in [-0.25, -0.2) is 0 Å². The number of piperidine rings is 1. The van der Waals surface area contributed by atoms with E-state index in [4.69, 9.17) is 0 Å². The standard InChI is InChI=1S/C16H21NOS/c18-16(13-8-2-4-10-15(13)19)17-11-5-7-12-6-1-3-9-14(12)17/h2,4,8,10,12,14,19H,1,3,5-7,9,11H2. The van der Waals surface area contributed by atoms with Crippen molar-refractivity contribution in [3.8, 4) is 0 Å². The molecule has 2 nitrogen and oxygen atoms in total. The lowest BCUT2D eigenvalue weighted by molar-refractivity contribution is 0.0387. The van der Waals surface area contributed by atoms with Gasteiger partial charge in [-0.2, -0.15) is 0 Å². The minimum atomic E-state index is 0.183. The normalized spacial score (nSPS) is 26.9. The molecule has 1 aliphatic heterocycles. The van der Waals surface area contributed by atoms with Gasteiger partial charge in [-0.05, 0) is 43.7 Å². The van der Waals surface area contributed by atoms with Crippen LogP contribution in [-0.2, 0) is 0 Å². The number of rotatable bonds is 1. The Labute approximate surface area is 120 Å². The molecule has 1 aromatic carbocycles. The van der Waals surface area contributed by atoms with Crippen molar-refractivity contribution in [2.24, 2.45) is 5.92 Å². The van der Waals surface area contributed by atoms with Crippen molar-refractivity contribution < 1.29 is 4.79 Å². The van der Waals surface area contributed by atoms with E-state index in [2.05, 4.69) is 17.5 Å². The highest BCUT2D eigenvalue weighted by Gasteiger charge is 2.36. The molecule has 1 heterocycles. The van der Waals surface area contributed by atoms with Crippen LogP contribution in [0.25, 0.3) is 0 Å². The maximum atomic E-state index is 12.8. The van der Waals surface area contributed by atoms with E-state index in [0.717, 1.165) is 29.3 Å². The minimum Gasteiger partial charge on any atom is -0.335 e. The Hall–Kier alpha value is -0.960. The van der Waals surface area contributed by atoms with E-state index in [-0.39, 0.29) is 5.91 Å². The number of thiol groups is 1. The summed E-state index contributed by atoms with van der Waals surface area (Å²) in [5.74, 6) is 0.917. The summed E-state index contributed by atoms with van der Waals surface area (Å²) in [6.07, 6.45) is 7.56. The predicted molar refractivity (Wildman–Crippen MR) is 79.7 cm³/mol. The number of carbonyl (C=O) groups is 1. The Bertz CT molecular complexity index is 472. The number of hydrogen-bond donors (Lipinski definition) is 1. The average molecular weight is 275 g/mol. The Balaban J connectivity index is 1.84. The first-order chi connectivity index (χ1) is 9.27. The van der Waals surface area contributed by atoms with Gasteiger partial charge in [-0.3, -0.25) is 4.79 Å². The van der Waals surface area contributed by atoms with Crippen LogP contribution in [0.15, 0.2) is 29.2 Å². The smallest absolute Gasteiger partial charge is 0.255 e. The molecule has 2 fully saturated rings. The molecule has 1 saturated carbocycles. The molecular formula is C16H21NOS. The molecule has 0 radical (unpaired) electrons. The Morgan fingerprint density at radius 2 is 1.84 bits per heavy atom. The molecule has 0 spiro atoms. The molecule has 1 amide bonds. The van der Waals surface area contributed by atoms with Crippen LogP contribution in [0.3, 0.4) is 0 Å². The molecule has 1 aromatic rings. The van der Waals surface area contributed by atoms with Crippen LogP contribution < -0.4 is 0 Å². The third-order valence-electron chi connectivity index (χ3n) is 4.64. The second kappa shape index (κ2) is 5.58. The summed E-state index contributed by atoms with van der Waals surface area (Å²) in [6.45, 7) is 0.919. The maximum Gasteiger partial charge on any atom is 0.255 e. The van der Waals surface area contributed by atoms with Crippen LogP contribution in [0, 0.1) is 5.92 Å². The zero-order chi connectivity index (χ0) is 13.2. The summed E-state index contributed by atoms with van der Waals surface area (Å²) < 4.78 is 0. The number of amides is 1.